The SMILES string of the molecule is CN(C)C(=O)N1CCC(Nc2cccc(-c3nccs3)c2)CC1. The summed E-state index contributed by atoms with van der Waals surface area (Å²) in [6, 6.07) is 8.90. The lowest BCUT2D eigenvalue weighted by molar-refractivity contribution is 0.158. The molecule has 2 heterocycles. The summed E-state index contributed by atoms with van der Waals surface area (Å²) in [4.78, 5) is 19.9. The van der Waals surface area contributed by atoms with Gasteiger partial charge in [0.25, 0.3) is 0 Å². The molecule has 1 saturated heterocycles. The van der Waals surface area contributed by atoms with Crippen molar-refractivity contribution >= 4 is 23.1 Å². The molecule has 0 bridgehead atoms. The number of urea groups is 1. The molecule has 1 aliphatic heterocycles. The number of likely N-dealkylation sites (tertiary alicyclic amines) is 1. The van der Waals surface area contributed by atoms with Crippen LogP contribution < -0.4 is 5.32 Å². The topological polar surface area (TPSA) is 48.5 Å². The molecule has 122 valence electrons. The monoisotopic (exact) mass is 330 g/mol. The van der Waals surface area contributed by atoms with Crippen LogP contribution in [0.2, 0.25) is 0 Å². The molecule has 5 nitrogen and oxygen atoms in total. The molecule has 0 spiro atoms. The molecule has 2 amide bonds. The Morgan fingerprint density at radius 2 is 2.13 bits per heavy atom. The molecule has 1 aromatic carbocycles. The van der Waals surface area contributed by atoms with Crippen LogP contribution in [0.15, 0.2) is 35.8 Å². The Labute approximate surface area is 140 Å². The van der Waals surface area contributed by atoms with Crippen molar-refractivity contribution in [1.29, 1.82) is 0 Å². The molecule has 2 aromatic rings. The first-order valence-electron chi connectivity index (χ1n) is 7.86. The summed E-state index contributed by atoms with van der Waals surface area (Å²) in [5.74, 6) is 0. The molecule has 1 aliphatic rings. The second-order valence-electron chi connectivity index (χ2n) is 6.00. The quantitative estimate of drug-likeness (QED) is 0.939. The Balaban J connectivity index is 1.59. The van der Waals surface area contributed by atoms with Gasteiger partial charge in [-0.1, -0.05) is 12.1 Å². The molecule has 23 heavy (non-hydrogen) atoms. The van der Waals surface area contributed by atoms with Crippen molar-refractivity contribution < 1.29 is 4.79 Å². The Morgan fingerprint density at radius 3 is 2.78 bits per heavy atom. The number of thiazole rings is 1. The molecular weight excluding hydrogens is 308 g/mol. The minimum absolute atomic E-state index is 0.106. The molecule has 6 heteroatoms. The van der Waals surface area contributed by atoms with Crippen molar-refractivity contribution in [2.75, 3.05) is 32.5 Å². The van der Waals surface area contributed by atoms with E-state index in [1.807, 2.05) is 16.5 Å². The molecule has 0 atom stereocenters. The second kappa shape index (κ2) is 7.00. The van der Waals surface area contributed by atoms with E-state index < -0.39 is 0 Å². The van der Waals surface area contributed by atoms with Crippen LogP contribution in [-0.2, 0) is 0 Å². The zero-order chi connectivity index (χ0) is 16.2. The van der Waals surface area contributed by atoms with Crippen LogP contribution in [-0.4, -0.2) is 54.0 Å². The third-order valence-electron chi connectivity index (χ3n) is 4.06. The van der Waals surface area contributed by atoms with Gasteiger partial charge in [-0.05, 0) is 25.0 Å². The van der Waals surface area contributed by atoms with E-state index in [4.69, 9.17) is 0 Å². The minimum atomic E-state index is 0.106. The first-order valence-corrected chi connectivity index (χ1v) is 8.74. The van der Waals surface area contributed by atoms with E-state index in [2.05, 4.69) is 34.6 Å². The van der Waals surface area contributed by atoms with Gasteiger partial charge in [0.15, 0.2) is 0 Å². The van der Waals surface area contributed by atoms with E-state index in [0.717, 1.165) is 42.2 Å². The Hall–Kier alpha value is -2.08. The third kappa shape index (κ3) is 3.82. The van der Waals surface area contributed by atoms with Crippen molar-refractivity contribution in [2.45, 2.75) is 18.9 Å². The summed E-state index contributed by atoms with van der Waals surface area (Å²) in [5, 5.41) is 6.63. The molecule has 1 aromatic heterocycles. The Kier molecular flexibility index (Phi) is 4.81. The van der Waals surface area contributed by atoms with E-state index in [1.54, 1.807) is 30.3 Å². The van der Waals surface area contributed by atoms with Gasteiger partial charge in [-0.15, -0.1) is 11.3 Å². The number of hydrogen-bond acceptors (Lipinski definition) is 4. The lowest BCUT2D eigenvalue weighted by Crippen LogP contribution is -2.46. The predicted octanol–water partition coefficient (Wildman–Crippen LogP) is 3.37. The smallest absolute Gasteiger partial charge is 0.319 e. The molecule has 0 aliphatic carbocycles. The van der Waals surface area contributed by atoms with Crippen LogP contribution in [0.25, 0.3) is 10.6 Å². The first kappa shape index (κ1) is 15.8. The van der Waals surface area contributed by atoms with Crippen molar-refractivity contribution in [3.63, 3.8) is 0 Å². The van der Waals surface area contributed by atoms with Crippen LogP contribution in [0.3, 0.4) is 0 Å². The number of anilines is 1. The minimum Gasteiger partial charge on any atom is -0.382 e. The Morgan fingerprint density at radius 1 is 1.35 bits per heavy atom. The van der Waals surface area contributed by atoms with Gasteiger partial charge in [0.2, 0.25) is 0 Å². The summed E-state index contributed by atoms with van der Waals surface area (Å²) in [5.41, 5.74) is 2.26. The maximum Gasteiger partial charge on any atom is 0.319 e. The maximum absolute atomic E-state index is 12.0. The van der Waals surface area contributed by atoms with Gasteiger partial charge >= 0.3 is 6.03 Å². The van der Waals surface area contributed by atoms with Gasteiger partial charge in [-0.25, -0.2) is 9.78 Å². The number of nitrogens with zero attached hydrogens (tertiary/aromatic N) is 3. The number of amides is 2. The third-order valence-corrected chi connectivity index (χ3v) is 4.88. The highest BCUT2D eigenvalue weighted by Crippen LogP contribution is 2.25. The van der Waals surface area contributed by atoms with Crippen LogP contribution in [0, 0.1) is 0 Å². The molecule has 0 radical (unpaired) electrons. The van der Waals surface area contributed by atoms with E-state index >= 15 is 0 Å². The average molecular weight is 330 g/mol. The molecule has 3 rings (SSSR count). The maximum atomic E-state index is 12.0. The van der Waals surface area contributed by atoms with Gasteiger partial charge in [0.05, 0.1) is 0 Å². The number of carbonyl (C=O) groups excluding carboxylic acids is 1. The van der Waals surface area contributed by atoms with Crippen LogP contribution in [0.1, 0.15) is 12.8 Å². The van der Waals surface area contributed by atoms with E-state index in [9.17, 15) is 4.79 Å². The highest BCUT2D eigenvalue weighted by Gasteiger charge is 2.23. The number of hydrogen-bond donors (Lipinski definition) is 1. The fraction of sp³-hybridized carbons (Fsp3) is 0.412. The molecule has 0 unspecified atom stereocenters. The van der Waals surface area contributed by atoms with Crippen LogP contribution >= 0.6 is 11.3 Å². The zero-order valence-corrected chi connectivity index (χ0v) is 14.3. The molecular formula is C17H22N4OS. The van der Waals surface area contributed by atoms with Crippen LogP contribution in [0.4, 0.5) is 10.5 Å². The van der Waals surface area contributed by atoms with Crippen molar-refractivity contribution in [3.05, 3.63) is 35.8 Å². The largest absolute Gasteiger partial charge is 0.382 e. The summed E-state index contributed by atoms with van der Waals surface area (Å²) in [6.07, 6.45) is 3.78. The van der Waals surface area contributed by atoms with Gasteiger partial charge in [-0.3, -0.25) is 0 Å². The number of piperidine rings is 1. The van der Waals surface area contributed by atoms with Gasteiger partial charge in [-0.2, -0.15) is 0 Å². The lowest BCUT2D eigenvalue weighted by atomic mass is 10.0. The van der Waals surface area contributed by atoms with Crippen molar-refractivity contribution in [1.82, 2.24) is 14.8 Å². The summed E-state index contributed by atoms with van der Waals surface area (Å²) >= 11 is 1.65. The summed E-state index contributed by atoms with van der Waals surface area (Å²) < 4.78 is 0. The van der Waals surface area contributed by atoms with E-state index in [-0.39, 0.29) is 6.03 Å². The number of rotatable bonds is 3. The standard InChI is InChI=1S/C17H22N4OS/c1-20(2)17(22)21-9-6-14(7-10-21)19-15-5-3-4-13(12-15)16-18-8-11-23-16/h3-5,8,11-12,14,19H,6-7,9-10H2,1-2H3. The Bertz CT molecular complexity index is 648. The number of carbonyl (C=O) groups is 1. The highest BCUT2D eigenvalue weighted by molar-refractivity contribution is 7.13. The van der Waals surface area contributed by atoms with Gasteiger partial charge < -0.3 is 15.1 Å². The van der Waals surface area contributed by atoms with Crippen molar-refractivity contribution in [2.24, 2.45) is 0 Å². The van der Waals surface area contributed by atoms with Crippen molar-refractivity contribution in [3.8, 4) is 10.6 Å². The second-order valence-corrected chi connectivity index (χ2v) is 6.90. The fourth-order valence-electron chi connectivity index (χ4n) is 2.84. The van der Waals surface area contributed by atoms with E-state index in [1.165, 1.54) is 0 Å². The predicted molar refractivity (Wildman–Crippen MR) is 94.9 cm³/mol. The zero-order valence-electron chi connectivity index (χ0n) is 13.5. The highest BCUT2D eigenvalue weighted by atomic mass is 32.1. The summed E-state index contributed by atoms with van der Waals surface area (Å²) in [6.45, 7) is 1.61. The molecule has 1 N–H and O–H groups in total. The fourth-order valence-corrected chi connectivity index (χ4v) is 3.48. The first-order chi connectivity index (χ1) is 11.1. The number of nitrogens with one attached hydrogen (secondary N) is 1. The average Bonchev–Trinajstić information content (AvgIpc) is 3.10. The van der Waals surface area contributed by atoms with Gasteiger partial charge in [0, 0.05) is 56.1 Å². The lowest BCUT2D eigenvalue weighted by Gasteiger charge is -2.34. The molecule has 0 saturated carbocycles. The normalized spacial score (nSPS) is 15.5. The number of aromatic nitrogens is 1. The summed E-state index contributed by atoms with van der Waals surface area (Å²) in [7, 11) is 3.60. The molecule has 1 fully saturated rings. The van der Waals surface area contributed by atoms with Gasteiger partial charge in [0.1, 0.15) is 5.01 Å². The van der Waals surface area contributed by atoms with Crippen LogP contribution in [0.5, 0.6) is 0 Å². The number of benzene rings is 1. The van der Waals surface area contributed by atoms with E-state index in [0.29, 0.717) is 6.04 Å².